The molecule has 3 heterocycles. The molecule has 6 rings (SSSR count). The third-order valence-electron chi connectivity index (χ3n) is 10.4. The van der Waals surface area contributed by atoms with Crippen molar-refractivity contribution in [1.29, 1.82) is 0 Å². The monoisotopic (exact) mass is 614 g/mol. The summed E-state index contributed by atoms with van der Waals surface area (Å²) in [7, 11) is 1.97. The third-order valence-corrected chi connectivity index (χ3v) is 10.4. The first kappa shape index (κ1) is 31.5. The number of piperidine rings is 1. The fraction of sp³-hybridized carbons (Fsp3) is 0.514. The SMILES string of the molecule is CCn1nc(-c2ccc3ccoc3c2)cc1C1CCN(CC2CC(N(C)[C@H](CC(C)C)C(=O)O)CC2c2cccc(F)c2)CC1. The summed E-state index contributed by atoms with van der Waals surface area (Å²) in [4.78, 5) is 16.9. The molecular formula is C37H47FN4O3. The maximum Gasteiger partial charge on any atom is 0.320 e. The average molecular weight is 615 g/mol. The van der Waals surface area contributed by atoms with Crippen molar-refractivity contribution >= 4 is 16.9 Å². The van der Waals surface area contributed by atoms with E-state index in [0.717, 1.165) is 79.7 Å². The van der Waals surface area contributed by atoms with Gasteiger partial charge in [-0.05, 0) is 113 Å². The molecule has 0 spiro atoms. The van der Waals surface area contributed by atoms with Gasteiger partial charge in [0.2, 0.25) is 0 Å². The summed E-state index contributed by atoms with van der Waals surface area (Å²) in [6.45, 7) is 10.1. The Kier molecular flexibility index (Phi) is 9.43. The molecular weight excluding hydrogens is 567 g/mol. The number of furan rings is 1. The molecule has 0 radical (unpaired) electrons. The molecule has 1 aliphatic carbocycles. The van der Waals surface area contributed by atoms with Gasteiger partial charge < -0.3 is 14.4 Å². The Morgan fingerprint density at radius 2 is 1.91 bits per heavy atom. The van der Waals surface area contributed by atoms with Gasteiger partial charge in [-0.25, -0.2) is 4.39 Å². The molecule has 45 heavy (non-hydrogen) atoms. The predicted octanol–water partition coefficient (Wildman–Crippen LogP) is 7.63. The van der Waals surface area contributed by atoms with Crippen LogP contribution < -0.4 is 0 Å². The number of carboxylic acid groups (broad SMARTS) is 1. The van der Waals surface area contributed by atoms with E-state index in [4.69, 9.17) is 9.52 Å². The van der Waals surface area contributed by atoms with Crippen molar-refractivity contribution in [3.8, 4) is 11.3 Å². The van der Waals surface area contributed by atoms with Gasteiger partial charge in [0.15, 0.2) is 0 Å². The van der Waals surface area contributed by atoms with Gasteiger partial charge in [0.1, 0.15) is 17.4 Å². The number of benzene rings is 2. The van der Waals surface area contributed by atoms with E-state index >= 15 is 0 Å². The number of hydrogen-bond acceptors (Lipinski definition) is 5. The molecule has 4 aromatic rings. The lowest BCUT2D eigenvalue weighted by atomic mass is 9.87. The van der Waals surface area contributed by atoms with Crippen LogP contribution >= 0.6 is 0 Å². The molecule has 8 heteroatoms. The first-order valence-electron chi connectivity index (χ1n) is 16.7. The molecule has 0 bridgehead atoms. The molecule has 2 aromatic carbocycles. The first-order chi connectivity index (χ1) is 21.7. The normalized spacial score (nSPS) is 22.2. The summed E-state index contributed by atoms with van der Waals surface area (Å²) >= 11 is 0. The number of carbonyl (C=O) groups is 1. The van der Waals surface area contributed by atoms with Crippen LogP contribution in [0.3, 0.4) is 0 Å². The minimum Gasteiger partial charge on any atom is -0.480 e. The molecule has 4 atom stereocenters. The number of fused-ring (bicyclic) bond motifs is 1. The van der Waals surface area contributed by atoms with Gasteiger partial charge in [0.05, 0.1) is 12.0 Å². The van der Waals surface area contributed by atoms with Crippen molar-refractivity contribution in [3.63, 3.8) is 0 Å². The lowest BCUT2D eigenvalue weighted by Crippen LogP contribution is -2.45. The Labute approximate surface area is 266 Å². The summed E-state index contributed by atoms with van der Waals surface area (Å²) in [6, 6.07) is 17.2. The molecule has 3 unspecified atom stereocenters. The van der Waals surface area contributed by atoms with Crippen LogP contribution in [-0.2, 0) is 11.3 Å². The van der Waals surface area contributed by atoms with E-state index in [-0.39, 0.29) is 17.8 Å². The average Bonchev–Trinajstić information content (AvgIpc) is 3.78. The lowest BCUT2D eigenvalue weighted by Gasteiger charge is -2.35. The number of aryl methyl sites for hydroxylation is 1. The fourth-order valence-electron chi connectivity index (χ4n) is 7.93. The van der Waals surface area contributed by atoms with Gasteiger partial charge >= 0.3 is 5.97 Å². The number of likely N-dealkylation sites (tertiary alicyclic amines) is 1. The van der Waals surface area contributed by atoms with E-state index < -0.39 is 12.0 Å². The highest BCUT2D eigenvalue weighted by Gasteiger charge is 2.41. The maximum atomic E-state index is 14.4. The highest BCUT2D eigenvalue weighted by Crippen LogP contribution is 2.44. The summed E-state index contributed by atoms with van der Waals surface area (Å²) < 4.78 is 22.2. The molecule has 2 aromatic heterocycles. The van der Waals surface area contributed by atoms with Crippen molar-refractivity contribution in [1.82, 2.24) is 19.6 Å². The topological polar surface area (TPSA) is 74.7 Å². The summed E-state index contributed by atoms with van der Waals surface area (Å²) in [5.74, 6) is 0.330. The minimum atomic E-state index is -0.755. The van der Waals surface area contributed by atoms with E-state index in [1.165, 1.54) is 11.8 Å². The largest absolute Gasteiger partial charge is 0.480 e. The lowest BCUT2D eigenvalue weighted by molar-refractivity contribution is -0.144. The molecule has 1 saturated carbocycles. The van der Waals surface area contributed by atoms with Crippen molar-refractivity contribution in [2.75, 3.05) is 26.7 Å². The van der Waals surface area contributed by atoms with E-state index in [1.54, 1.807) is 18.4 Å². The smallest absolute Gasteiger partial charge is 0.320 e. The molecule has 1 N–H and O–H groups in total. The second-order valence-corrected chi connectivity index (χ2v) is 13.7. The number of rotatable bonds is 11. The standard InChI is InChI=1S/C37H47FN4O3/c1-5-42-34(22-33(39-42)28-10-9-26-13-16-45-36(26)20-28)25-11-14-41(15-12-25)23-29-19-31(40(4)35(37(43)44)17-24(2)3)21-32(29)27-7-6-8-30(38)18-27/h6-10,13,16,18,20,22,24-25,29,31-32,35H,5,11-12,14-15,17,19,21,23H2,1-4H3,(H,43,44)/t29?,31?,32?,35-/m1/s1. The molecule has 0 amide bonds. The van der Waals surface area contributed by atoms with E-state index in [9.17, 15) is 14.3 Å². The van der Waals surface area contributed by atoms with Crippen LogP contribution in [-0.4, -0.2) is 69.4 Å². The van der Waals surface area contributed by atoms with Crippen molar-refractivity contribution in [2.45, 2.75) is 83.3 Å². The highest BCUT2D eigenvalue weighted by molar-refractivity contribution is 5.82. The Balaban J connectivity index is 1.15. The Bertz CT molecular complexity index is 1600. The van der Waals surface area contributed by atoms with Crippen LogP contribution in [0.1, 0.15) is 76.0 Å². The molecule has 1 aliphatic heterocycles. The van der Waals surface area contributed by atoms with Crippen LogP contribution in [0.2, 0.25) is 0 Å². The quantitative estimate of drug-likeness (QED) is 0.187. The number of hydrogen-bond donors (Lipinski definition) is 1. The zero-order valence-electron chi connectivity index (χ0n) is 27.0. The fourth-order valence-corrected chi connectivity index (χ4v) is 7.93. The third kappa shape index (κ3) is 6.87. The second kappa shape index (κ2) is 13.5. The number of aliphatic carboxylic acids is 1. The molecule has 240 valence electrons. The Morgan fingerprint density at radius 1 is 1.11 bits per heavy atom. The number of likely N-dealkylation sites (N-methyl/N-ethyl adjacent to an activating group) is 1. The molecule has 1 saturated heterocycles. The van der Waals surface area contributed by atoms with Crippen molar-refractivity contribution in [3.05, 3.63) is 77.9 Å². The first-order valence-corrected chi connectivity index (χ1v) is 16.7. The maximum absolute atomic E-state index is 14.4. The highest BCUT2D eigenvalue weighted by atomic mass is 19.1. The van der Waals surface area contributed by atoms with Crippen molar-refractivity contribution < 1.29 is 18.7 Å². The van der Waals surface area contributed by atoms with Gasteiger partial charge in [0, 0.05) is 41.7 Å². The second-order valence-electron chi connectivity index (χ2n) is 13.7. The molecule has 2 aliphatic rings. The molecule has 2 fully saturated rings. The van der Waals surface area contributed by atoms with Crippen LogP contribution in [0.15, 0.2) is 65.3 Å². The van der Waals surface area contributed by atoms with Gasteiger partial charge in [-0.15, -0.1) is 0 Å². The van der Waals surface area contributed by atoms with Gasteiger partial charge in [0.25, 0.3) is 0 Å². The van der Waals surface area contributed by atoms with E-state index in [2.05, 4.69) is 59.5 Å². The van der Waals surface area contributed by atoms with Crippen LogP contribution in [0.25, 0.3) is 22.2 Å². The zero-order valence-corrected chi connectivity index (χ0v) is 27.0. The van der Waals surface area contributed by atoms with Gasteiger partial charge in [-0.3, -0.25) is 14.4 Å². The number of aromatic nitrogens is 2. The summed E-state index contributed by atoms with van der Waals surface area (Å²) in [5, 5.41) is 16.1. The zero-order chi connectivity index (χ0) is 31.7. The van der Waals surface area contributed by atoms with Crippen LogP contribution in [0.4, 0.5) is 4.39 Å². The minimum absolute atomic E-state index is 0.151. The van der Waals surface area contributed by atoms with Crippen LogP contribution in [0.5, 0.6) is 0 Å². The van der Waals surface area contributed by atoms with E-state index in [1.807, 2.05) is 19.2 Å². The number of nitrogens with zero attached hydrogens (tertiary/aromatic N) is 4. The predicted molar refractivity (Wildman–Crippen MR) is 176 cm³/mol. The number of carboxylic acids is 1. The van der Waals surface area contributed by atoms with E-state index in [0.29, 0.717) is 24.2 Å². The summed E-state index contributed by atoms with van der Waals surface area (Å²) in [6.07, 6.45) is 6.26. The van der Waals surface area contributed by atoms with Gasteiger partial charge in [-0.2, -0.15) is 5.10 Å². The number of halogens is 1. The van der Waals surface area contributed by atoms with Crippen LogP contribution in [0, 0.1) is 17.7 Å². The summed E-state index contributed by atoms with van der Waals surface area (Å²) in [5.41, 5.74) is 5.28. The molecule has 7 nitrogen and oxygen atoms in total. The Morgan fingerprint density at radius 3 is 2.62 bits per heavy atom. The van der Waals surface area contributed by atoms with Gasteiger partial charge in [-0.1, -0.05) is 38.1 Å². The van der Waals surface area contributed by atoms with Crippen molar-refractivity contribution in [2.24, 2.45) is 11.8 Å². The Hall–Kier alpha value is -3.49.